The van der Waals surface area contributed by atoms with Gasteiger partial charge in [0.1, 0.15) is 5.82 Å². The molecule has 3 aromatic rings. The van der Waals surface area contributed by atoms with Gasteiger partial charge in [-0.2, -0.15) is 0 Å². The summed E-state index contributed by atoms with van der Waals surface area (Å²) in [5, 5.41) is 2.79. The van der Waals surface area contributed by atoms with Gasteiger partial charge in [0.05, 0.1) is 11.3 Å². The van der Waals surface area contributed by atoms with Crippen LogP contribution in [0.25, 0.3) is 5.69 Å². The van der Waals surface area contributed by atoms with Gasteiger partial charge < -0.3 is 19.4 Å². The molecular weight excluding hydrogens is 311 g/mol. The second kappa shape index (κ2) is 5.73. The predicted molar refractivity (Wildman–Crippen MR) is 86.2 cm³/mol. The zero-order valence-corrected chi connectivity index (χ0v) is 12.5. The lowest BCUT2D eigenvalue weighted by Crippen LogP contribution is -2.11. The molecule has 0 spiro atoms. The van der Waals surface area contributed by atoms with Crippen LogP contribution in [0.2, 0.25) is 0 Å². The number of benzene rings is 2. The highest BCUT2D eigenvalue weighted by Gasteiger charge is 2.15. The maximum Gasteiger partial charge on any atom is 0.257 e. The lowest BCUT2D eigenvalue weighted by Gasteiger charge is -2.05. The highest BCUT2D eigenvalue weighted by atomic mass is 19.1. The Morgan fingerprint density at radius 3 is 2.79 bits per heavy atom. The van der Waals surface area contributed by atoms with Crippen molar-refractivity contribution < 1.29 is 18.7 Å². The molecule has 4 rings (SSSR count). The van der Waals surface area contributed by atoms with E-state index in [4.69, 9.17) is 9.47 Å². The number of nitrogens with zero attached hydrogens (tertiary/aromatic N) is 1. The van der Waals surface area contributed by atoms with E-state index in [9.17, 15) is 9.18 Å². The number of hydrogen-bond donors (Lipinski definition) is 1. The molecule has 0 saturated heterocycles. The zero-order chi connectivity index (χ0) is 16.5. The second-order valence-electron chi connectivity index (χ2n) is 5.28. The minimum absolute atomic E-state index is 0.179. The Labute approximate surface area is 137 Å². The van der Waals surface area contributed by atoms with Crippen molar-refractivity contribution in [3.05, 3.63) is 72.3 Å². The fraction of sp³-hybridized carbons (Fsp3) is 0.0556. The standard InChI is InChI=1S/C18H13FN2O3/c19-14-3-1-2-4-15(14)21-8-7-12(10-21)18(22)20-13-5-6-16-17(9-13)24-11-23-16/h1-10H,11H2,(H,20,22). The number of para-hydroxylation sites is 1. The number of fused-ring (bicyclic) bond motifs is 1. The summed E-state index contributed by atoms with van der Waals surface area (Å²) in [6.07, 6.45) is 3.23. The Balaban J connectivity index is 1.54. The van der Waals surface area contributed by atoms with E-state index >= 15 is 0 Å². The maximum absolute atomic E-state index is 13.8. The highest BCUT2D eigenvalue weighted by molar-refractivity contribution is 6.04. The van der Waals surface area contributed by atoms with Gasteiger partial charge in [-0.3, -0.25) is 4.79 Å². The largest absolute Gasteiger partial charge is 0.454 e. The van der Waals surface area contributed by atoms with E-state index in [-0.39, 0.29) is 18.5 Å². The van der Waals surface area contributed by atoms with Gasteiger partial charge in [-0.05, 0) is 30.3 Å². The molecule has 0 aliphatic carbocycles. The van der Waals surface area contributed by atoms with Gasteiger partial charge in [-0.1, -0.05) is 12.1 Å². The summed E-state index contributed by atoms with van der Waals surface area (Å²) in [7, 11) is 0. The SMILES string of the molecule is O=C(Nc1ccc2c(c1)OCO2)c1ccn(-c2ccccc2F)c1. The van der Waals surface area contributed by atoms with E-state index in [1.807, 2.05) is 0 Å². The van der Waals surface area contributed by atoms with Crippen LogP contribution in [0.5, 0.6) is 11.5 Å². The first-order valence-electron chi connectivity index (χ1n) is 7.34. The molecular formula is C18H13FN2O3. The predicted octanol–water partition coefficient (Wildman–Crippen LogP) is 3.60. The molecule has 0 bridgehead atoms. The molecule has 120 valence electrons. The molecule has 1 aliphatic heterocycles. The fourth-order valence-electron chi connectivity index (χ4n) is 2.52. The lowest BCUT2D eigenvalue weighted by atomic mass is 10.2. The minimum atomic E-state index is -0.351. The molecule has 5 nitrogen and oxygen atoms in total. The number of carbonyl (C=O) groups excluding carboxylic acids is 1. The van der Waals surface area contributed by atoms with Gasteiger partial charge in [0.15, 0.2) is 11.5 Å². The summed E-state index contributed by atoms with van der Waals surface area (Å²) in [6, 6.07) is 13.2. The molecule has 6 heteroatoms. The number of ether oxygens (including phenoxy) is 2. The third-order valence-corrected chi connectivity index (χ3v) is 3.72. The van der Waals surface area contributed by atoms with Gasteiger partial charge in [-0.15, -0.1) is 0 Å². The molecule has 0 radical (unpaired) electrons. The zero-order valence-electron chi connectivity index (χ0n) is 12.5. The van der Waals surface area contributed by atoms with E-state index in [1.165, 1.54) is 6.07 Å². The van der Waals surface area contributed by atoms with Crippen molar-refractivity contribution in [2.45, 2.75) is 0 Å². The van der Waals surface area contributed by atoms with E-state index in [0.29, 0.717) is 28.4 Å². The van der Waals surface area contributed by atoms with Crippen LogP contribution in [-0.2, 0) is 0 Å². The first-order chi connectivity index (χ1) is 11.7. The van der Waals surface area contributed by atoms with Gasteiger partial charge >= 0.3 is 0 Å². The quantitative estimate of drug-likeness (QED) is 0.801. The maximum atomic E-state index is 13.8. The van der Waals surface area contributed by atoms with E-state index in [0.717, 1.165) is 0 Å². The van der Waals surface area contributed by atoms with Crippen molar-refractivity contribution in [3.8, 4) is 17.2 Å². The Morgan fingerprint density at radius 2 is 1.92 bits per heavy atom. The van der Waals surface area contributed by atoms with Crippen LogP contribution in [-0.4, -0.2) is 17.3 Å². The number of halogens is 1. The fourth-order valence-corrected chi connectivity index (χ4v) is 2.52. The van der Waals surface area contributed by atoms with Crippen LogP contribution in [0.1, 0.15) is 10.4 Å². The number of amides is 1. The normalized spacial score (nSPS) is 12.2. The monoisotopic (exact) mass is 324 g/mol. The molecule has 1 N–H and O–H groups in total. The molecule has 1 aliphatic rings. The third-order valence-electron chi connectivity index (χ3n) is 3.72. The molecule has 0 unspecified atom stereocenters. The van der Waals surface area contributed by atoms with Crippen molar-refractivity contribution in [1.82, 2.24) is 4.57 Å². The molecule has 2 heterocycles. The summed E-state index contributed by atoms with van der Waals surface area (Å²) in [5.41, 5.74) is 1.42. The Morgan fingerprint density at radius 1 is 1.08 bits per heavy atom. The van der Waals surface area contributed by atoms with Gasteiger partial charge in [0, 0.05) is 24.1 Å². The molecule has 0 fully saturated rings. The van der Waals surface area contributed by atoms with Gasteiger partial charge in [0.2, 0.25) is 6.79 Å². The number of rotatable bonds is 3. The topological polar surface area (TPSA) is 52.5 Å². The summed E-state index contributed by atoms with van der Waals surface area (Å²) >= 11 is 0. The Kier molecular flexibility index (Phi) is 3.42. The molecule has 0 atom stereocenters. The van der Waals surface area contributed by atoms with Crippen LogP contribution in [0, 0.1) is 5.82 Å². The smallest absolute Gasteiger partial charge is 0.257 e. The van der Waals surface area contributed by atoms with Crippen LogP contribution in [0.4, 0.5) is 10.1 Å². The summed E-state index contributed by atoms with van der Waals surface area (Å²) < 4.78 is 25.9. The Hall–Kier alpha value is -3.28. The molecule has 0 saturated carbocycles. The minimum Gasteiger partial charge on any atom is -0.454 e. The van der Waals surface area contributed by atoms with Crippen molar-refractivity contribution in [1.29, 1.82) is 0 Å². The van der Waals surface area contributed by atoms with Crippen molar-refractivity contribution in [2.24, 2.45) is 0 Å². The van der Waals surface area contributed by atoms with Gasteiger partial charge in [-0.25, -0.2) is 4.39 Å². The highest BCUT2D eigenvalue weighted by Crippen LogP contribution is 2.34. The molecule has 2 aromatic carbocycles. The van der Waals surface area contributed by atoms with E-state index in [1.54, 1.807) is 59.4 Å². The average molecular weight is 324 g/mol. The van der Waals surface area contributed by atoms with Crippen molar-refractivity contribution in [2.75, 3.05) is 12.1 Å². The number of carbonyl (C=O) groups is 1. The number of nitrogens with one attached hydrogen (secondary N) is 1. The van der Waals surface area contributed by atoms with Gasteiger partial charge in [0.25, 0.3) is 5.91 Å². The summed E-state index contributed by atoms with van der Waals surface area (Å²) in [4.78, 5) is 12.4. The molecule has 24 heavy (non-hydrogen) atoms. The Bertz CT molecular complexity index is 920. The van der Waals surface area contributed by atoms with Crippen LogP contribution in [0.15, 0.2) is 60.9 Å². The average Bonchev–Trinajstić information content (AvgIpc) is 3.24. The van der Waals surface area contributed by atoms with Crippen LogP contribution >= 0.6 is 0 Å². The van der Waals surface area contributed by atoms with Crippen molar-refractivity contribution in [3.63, 3.8) is 0 Å². The van der Waals surface area contributed by atoms with E-state index < -0.39 is 0 Å². The number of hydrogen-bond acceptors (Lipinski definition) is 3. The van der Waals surface area contributed by atoms with Crippen LogP contribution in [0.3, 0.4) is 0 Å². The number of anilines is 1. The first kappa shape index (κ1) is 14.3. The lowest BCUT2D eigenvalue weighted by molar-refractivity contribution is 0.102. The molecule has 1 aromatic heterocycles. The van der Waals surface area contributed by atoms with E-state index in [2.05, 4.69) is 5.32 Å². The second-order valence-corrected chi connectivity index (χ2v) is 5.28. The summed E-state index contributed by atoms with van der Waals surface area (Å²) in [6.45, 7) is 0.179. The third kappa shape index (κ3) is 2.58. The summed E-state index contributed by atoms with van der Waals surface area (Å²) in [5.74, 6) is 0.607. The molecule has 1 amide bonds. The number of aromatic nitrogens is 1. The van der Waals surface area contributed by atoms with Crippen molar-refractivity contribution >= 4 is 11.6 Å². The first-order valence-corrected chi connectivity index (χ1v) is 7.34. The van der Waals surface area contributed by atoms with Crippen LogP contribution < -0.4 is 14.8 Å².